The summed E-state index contributed by atoms with van der Waals surface area (Å²) < 4.78 is 19.2. The maximum atomic E-state index is 11.0. The van der Waals surface area contributed by atoms with Gasteiger partial charge in [-0.2, -0.15) is 0 Å². The van der Waals surface area contributed by atoms with Crippen LogP contribution in [-0.4, -0.2) is 89.2 Å². The van der Waals surface area contributed by atoms with E-state index in [-0.39, 0.29) is 60.2 Å². The Bertz CT molecular complexity index is 4610. The number of nitro benzene ring substituents is 2. The summed E-state index contributed by atoms with van der Waals surface area (Å²) in [6.07, 6.45) is 2.25. The maximum Gasteiger partial charge on any atom is 0.519 e. The Morgan fingerprint density at radius 2 is 0.730 bits per heavy atom. The number of halogens is 7. The van der Waals surface area contributed by atoms with Gasteiger partial charge in [0.25, 0.3) is 11.4 Å². The molecule has 0 atom stereocenters. The number of anilines is 2. The summed E-state index contributed by atoms with van der Waals surface area (Å²) in [7, 11) is 1.00. The van der Waals surface area contributed by atoms with Crippen LogP contribution in [-0.2, 0) is 31.3 Å². The first-order chi connectivity index (χ1) is 45.5. The minimum Gasteiger partial charge on any atom is -0.428 e. The third-order valence-corrected chi connectivity index (χ3v) is 15.4. The van der Waals surface area contributed by atoms with Crippen molar-refractivity contribution in [3.05, 3.63) is 227 Å². The zero-order chi connectivity index (χ0) is 70.1. The number of hydrogen-bond donors (Lipinski definition) is 4. The van der Waals surface area contributed by atoms with Crippen LogP contribution in [0.15, 0.2) is 165 Å². The second kappa shape index (κ2) is 35.7. The van der Waals surface area contributed by atoms with Gasteiger partial charge in [-0.1, -0.05) is 113 Å². The molecular formula is C68H67Cl7FeN14O10. The first kappa shape index (κ1) is 83.2. The number of non-ortho nitro benzene ring substituents is 2. The molecule has 0 saturated carbocycles. The van der Waals surface area contributed by atoms with Crippen molar-refractivity contribution in [2.45, 2.75) is 74.0 Å². The molecule has 12 aromatic rings. The number of benzene rings is 6. The number of carbonyl (C=O) groups is 2. The van der Waals surface area contributed by atoms with Gasteiger partial charge in [-0.25, -0.2) is 39.5 Å². The van der Waals surface area contributed by atoms with Crippen LogP contribution in [0.1, 0.15) is 60.4 Å². The average molecular weight is 1540 g/mol. The molecule has 0 unspecified atom stereocenters. The number of nitrogen functional groups attached to an aromatic ring is 2. The van der Waals surface area contributed by atoms with Crippen LogP contribution in [0.25, 0.3) is 83.5 Å². The number of nitro groups is 2. The average Bonchev–Trinajstić information content (AvgIpc) is 1.61. The first-order valence-electron chi connectivity index (χ1n) is 28.6. The number of hydrogen-bond acceptors (Lipinski definition) is 19. The molecule has 24 nitrogen and oxygen atoms in total. The van der Waals surface area contributed by atoms with Gasteiger partial charge in [0.2, 0.25) is 0 Å². The molecule has 0 spiro atoms. The van der Waals surface area contributed by atoms with Gasteiger partial charge < -0.3 is 36.9 Å². The summed E-state index contributed by atoms with van der Waals surface area (Å²) in [6, 6.07) is 41.8. The van der Waals surface area contributed by atoms with Gasteiger partial charge in [-0.05, 0) is 157 Å². The number of fused-ring (bicyclic) bond motifs is 3. The molecule has 8 N–H and O–H groups in total. The van der Waals surface area contributed by atoms with Crippen molar-refractivity contribution in [1.82, 2.24) is 49.8 Å². The first-order valence-corrected chi connectivity index (χ1v) is 30.8. The smallest absolute Gasteiger partial charge is 0.428 e. The quantitative estimate of drug-likeness (QED) is 0.0274. The van der Waals surface area contributed by atoms with Gasteiger partial charge in [0, 0.05) is 103 Å². The predicted molar refractivity (Wildman–Crippen MR) is 395 cm³/mol. The van der Waals surface area contributed by atoms with Crippen LogP contribution < -0.4 is 17.6 Å². The number of nitrogens with two attached hydrogens (primary N) is 2. The van der Waals surface area contributed by atoms with Gasteiger partial charge in [0.05, 0.1) is 37.4 Å². The van der Waals surface area contributed by atoms with E-state index in [0.29, 0.717) is 69.8 Å². The molecule has 0 bridgehead atoms. The number of aliphatic hydroxyl groups is 1. The van der Waals surface area contributed by atoms with E-state index in [1.165, 1.54) is 36.9 Å². The van der Waals surface area contributed by atoms with E-state index in [1.807, 2.05) is 91.2 Å². The van der Waals surface area contributed by atoms with Crippen LogP contribution in [0.5, 0.6) is 0 Å². The molecule has 0 fully saturated rings. The molecule has 526 valence electrons. The van der Waals surface area contributed by atoms with Crippen LogP contribution in [0.2, 0.25) is 30.5 Å². The standard InChI is InChI=1S/C19H12Cl2N4O2.C19H14Cl2N4.C18H11Cl2N5O2.C10H18O5.CH4O.CH4.ClH.Fe.H3N/c1-11-16-17(12-2-4-13(20)5-3-12)18(21)24(19(16)23-10-22-11)14-6-8-15(9-7-14)25(26)27;1-11-16-17(12-2-4-13(20)5-3-12)18(21)25(19(16)24-10-23-11)15-8-6-14(22)7-9-15;19-11-3-1-10(2-4-11)14-15-17(21)22-9-23-18(15)24(16(14)20)12-5-7-13(8-6-12)25(26)27;1-9(2,3)14-7(11)13-8(12)15-10(4,5)6;1-2;;;;/h2-10H,1H3;2-10H,22H2,1H3;1-9H,(H2,21,22,23);1-6H3;2H,1H3;1H4;1H;;1H3. The van der Waals surface area contributed by atoms with E-state index in [0.717, 1.165) is 68.4 Å². The van der Waals surface area contributed by atoms with Crippen molar-refractivity contribution in [2.24, 2.45) is 0 Å². The Labute approximate surface area is 621 Å². The van der Waals surface area contributed by atoms with Gasteiger partial charge in [0.1, 0.15) is 62.8 Å². The Balaban J connectivity index is 0.000000282. The van der Waals surface area contributed by atoms with E-state index < -0.39 is 33.4 Å². The Kier molecular flexibility index (Phi) is 29.7. The van der Waals surface area contributed by atoms with Crippen molar-refractivity contribution >= 4 is 150 Å². The second-order valence-electron chi connectivity index (χ2n) is 22.5. The summed E-state index contributed by atoms with van der Waals surface area (Å²) in [5, 5.41) is 34.5. The van der Waals surface area contributed by atoms with Crippen molar-refractivity contribution in [3.8, 4) is 50.4 Å². The number of rotatable bonds is 8. The third kappa shape index (κ3) is 19.6. The molecule has 32 heteroatoms. The van der Waals surface area contributed by atoms with Gasteiger partial charge in [-0.15, -0.1) is 12.4 Å². The Hall–Kier alpha value is -9.21. The maximum absolute atomic E-state index is 11.0. The monoisotopic (exact) mass is 1540 g/mol. The summed E-state index contributed by atoms with van der Waals surface area (Å²) in [6.45, 7) is 13.9. The number of nitrogens with zero attached hydrogens (tertiary/aromatic N) is 11. The molecule has 6 aromatic heterocycles. The largest absolute Gasteiger partial charge is 0.519 e. The third-order valence-electron chi connectivity index (χ3n) is 13.6. The van der Waals surface area contributed by atoms with Gasteiger partial charge in [-0.3, -0.25) is 33.9 Å². The number of aromatic nitrogens is 9. The van der Waals surface area contributed by atoms with Crippen LogP contribution >= 0.6 is 82.0 Å². The molecule has 0 aliphatic carbocycles. The molecule has 6 aromatic carbocycles. The Morgan fingerprint density at radius 1 is 0.460 bits per heavy atom. The fourth-order valence-electron chi connectivity index (χ4n) is 9.60. The van der Waals surface area contributed by atoms with Crippen molar-refractivity contribution in [1.29, 1.82) is 0 Å². The summed E-state index contributed by atoms with van der Waals surface area (Å²) in [5.74, 6) is 0.285. The van der Waals surface area contributed by atoms with Gasteiger partial charge in [0.15, 0.2) is 5.65 Å². The SMILES string of the molecule is C.CC(C)(C)OC(=O)OC(=O)OC(C)(C)C.CO.Cc1ncnc2c1c(-c1ccc(Cl)cc1)c(Cl)n2-c1ccc(N)cc1.Cc1ncnc2c1c(-c1ccc(Cl)cc1)c(Cl)n2-c1ccc([N+](=O)[O-])cc1.Cl.N.Nc1ncnc2c1c(-c1ccc(Cl)cc1)c(Cl)n2-c1ccc([N+](=O)[O-])cc1.[Fe]. The minimum atomic E-state index is -1.06. The summed E-state index contributed by atoms with van der Waals surface area (Å²) >= 11 is 38.3. The number of carbonyl (C=O) groups excluding carboxylic acids is 2. The van der Waals surface area contributed by atoms with E-state index in [4.69, 9.17) is 95.7 Å². The Morgan fingerprint density at radius 3 is 1.02 bits per heavy atom. The number of aliphatic hydroxyl groups excluding tert-OH is 1. The zero-order valence-corrected chi connectivity index (χ0v) is 60.5. The molecule has 12 rings (SSSR count). The van der Waals surface area contributed by atoms with E-state index >= 15 is 0 Å². The van der Waals surface area contributed by atoms with E-state index in [1.54, 1.807) is 106 Å². The minimum absolute atomic E-state index is 0. The summed E-state index contributed by atoms with van der Waals surface area (Å²) in [5.41, 5.74) is 21.9. The normalized spacial score (nSPS) is 10.6. The van der Waals surface area contributed by atoms with Crippen LogP contribution in [0.3, 0.4) is 0 Å². The molecule has 0 aliphatic rings. The molecule has 6 heterocycles. The fourth-order valence-corrected chi connectivity index (χ4v) is 11.1. The molecular weight excluding hydrogens is 1480 g/mol. The van der Waals surface area contributed by atoms with E-state index in [9.17, 15) is 29.8 Å². The van der Waals surface area contributed by atoms with Crippen molar-refractivity contribution in [3.63, 3.8) is 0 Å². The molecule has 0 radical (unpaired) electrons. The fraction of sp³-hybridized carbons (Fsp3) is 0.176. The molecule has 100 heavy (non-hydrogen) atoms. The van der Waals surface area contributed by atoms with Crippen LogP contribution in [0.4, 0.5) is 32.5 Å². The molecule has 0 saturated heterocycles. The summed E-state index contributed by atoms with van der Waals surface area (Å²) in [4.78, 5) is 68.9. The topological polar surface area (TPSA) is 348 Å². The second-order valence-corrected chi connectivity index (χ2v) is 24.9. The molecule has 0 aliphatic heterocycles. The zero-order valence-electron chi connectivity index (χ0n) is 54.0. The number of ether oxygens (including phenoxy) is 3. The van der Waals surface area contributed by atoms with Crippen molar-refractivity contribution < 1.29 is 55.8 Å². The van der Waals surface area contributed by atoms with Crippen LogP contribution in [0, 0.1) is 34.1 Å². The van der Waals surface area contributed by atoms with Gasteiger partial charge >= 0.3 is 12.3 Å². The number of aryl methyl sites for hydroxylation is 2. The predicted octanol–water partition coefficient (Wildman–Crippen LogP) is 19.5. The molecule has 0 amide bonds. The van der Waals surface area contributed by atoms with E-state index in [2.05, 4.69) is 34.6 Å². The van der Waals surface area contributed by atoms with Crippen molar-refractivity contribution in [2.75, 3.05) is 18.6 Å².